The lowest BCUT2D eigenvalue weighted by atomic mass is 9.93. The SMILES string of the molecule is CC(C)NCC1CCCC1c1cc2cc(Cl)ccc2o1. The lowest BCUT2D eigenvalue weighted by molar-refractivity contribution is 0.379. The number of rotatable bonds is 4. The molecule has 3 rings (SSSR count). The third-order valence-corrected chi connectivity index (χ3v) is 4.55. The maximum atomic E-state index is 6.06. The maximum Gasteiger partial charge on any atom is 0.134 e. The van der Waals surface area contributed by atoms with Crippen LogP contribution in [0.25, 0.3) is 11.0 Å². The van der Waals surface area contributed by atoms with E-state index in [1.54, 1.807) is 0 Å². The van der Waals surface area contributed by atoms with Gasteiger partial charge in [-0.3, -0.25) is 0 Å². The second-order valence-electron chi connectivity index (χ2n) is 6.19. The quantitative estimate of drug-likeness (QED) is 0.860. The molecule has 108 valence electrons. The highest BCUT2D eigenvalue weighted by Gasteiger charge is 2.30. The van der Waals surface area contributed by atoms with Crippen molar-refractivity contribution in [2.45, 2.75) is 45.1 Å². The minimum atomic E-state index is 0.547. The first-order valence-corrected chi connectivity index (χ1v) is 7.93. The first kappa shape index (κ1) is 14.0. The van der Waals surface area contributed by atoms with Crippen molar-refractivity contribution < 1.29 is 4.42 Å². The average Bonchev–Trinajstić information content (AvgIpc) is 3.01. The van der Waals surface area contributed by atoms with Crippen LogP contribution in [0.5, 0.6) is 0 Å². The van der Waals surface area contributed by atoms with Crippen molar-refractivity contribution in [2.75, 3.05) is 6.54 Å². The van der Waals surface area contributed by atoms with Gasteiger partial charge in [0.2, 0.25) is 0 Å². The van der Waals surface area contributed by atoms with Gasteiger partial charge >= 0.3 is 0 Å². The molecule has 3 heteroatoms. The van der Waals surface area contributed by atoms with Crippen molar-refractivity contribution in [1.29, 1.82) is 0 Å². The molecule has 1 aromatic carbocycles. The van der Waals surface area contributed by atoms with Crippen molar-refractivity contribution in [1.82, 2.24) is 5.32 Å². The third kappa shape index (κ3) is 2.87. The molecule has 1 heterocycles. The van der Waals surface area contributed by atoms with Crippen LogP contribution in [0.4, 0.5) is 0 Å². The van der Waals surface area contributed by atoms with E-state index in [4.69, 9.17) is 16.0 Å². The number of nitrogens with one attached hydrogen (secondary N) is 1. The second kappa shape index (κ2) is 5.79. The van der Waals surface area contributed by atoms with Gasteiger partial charge in [-0.05, 0) is 49.6 Å². The summed E-state index contributed by atoms with van der Waals surface area (Å²) in [7, 11) is 0. The lowest BCUT2D eigenvalue weighted by Gasteiger charge is -2.19. The molecule has 20 heavy (non-hydrogen) atoms. The van der Waals surface area contributed by atoms with Gasteiger partial charge in [-0.15, -0.1) is 0 Å². The molecule has 2 unspecified atom stereocenters. The van der Waals surface area contributed by atoms with Crippen molar-refractivity contribution >= 4 is 22.6 Å². The van der Waals surface area contributed by atoms with E-state index in [-0.39, 0.29) is 0 Å². The number of hydrogen-bond donors (Lipinski definition) is 1. The summed E-state index contributed by atoms with van der Waals surface area (Å²) in [6, 6.07) is 8.58. The summed E-state index contributed by atoms with van der Waals surface area (Å²) in [5.74, 6) is 2.37. The average molecular weight is 292 g/mol. The van der Waals surface area contributed by atoms with Gasteiger partial charge < -0.3 is 9.73 Å². The van der Waals surface area contributed by atoms with E-state index in [0.717, 1.165) is 28.3 Å². The Labute approximate surface area is 125 Å². The van der Waals surface area contributed by atoms with Gasteiger partial charge in [0.1, 0.15) is 11.3 Å². The fourth-order valence-electron chi connectivity index (χ4n) is 3.26. The van der Waals surface area contributed by atoms with E-state index >= 15 is 0 Å². The molecule has 0 bridgehead atoms. The summed E-state index contributed by atoms with van der Waals surface area (Å²) >= 11 is 6.05. The Morgan fingerprint density at radius 1 is 1.30 bits per heavy atom. The second-order valence-corrected chi connectivity index (χ2v) is 6.63. The molecule has 1 fully saturated rings. The zero-order valence-electron chi connectivity index (χ0n) is 12.2. The van der Waals surface area contributed by atoms with Gasteiger partial charge in [0, 0.05) is 22.4 Å². The van der Waals surface area contributed by atoms with Gasteiger partial charge in [0.25, 0.3) is 0 Å². The molecule has 1 saturated carbocycles. The first-order valence-electron chi connectivity index (χ1n) is 7.56. The predicted molar refractivity (Wildman–Crippen MR) is 84.4 cm³/mol. The van der Waals surface area contributed by atoms with E-state index in [0.29, 0.717) is 17.9 Å². The molecule has 1 aliphatic rings. The van der Waals surface area contributed by atoms with Gasteiger partial charge in [-0.25, -0.2) is 0 Å². The summed E-state index contributed by atoms with van der Waals surface area (Å²) in [5, 5.41) is 5.46. The molecule has 1 aliphatic carbocycles. The lowest BCUT2D eigenvalue weighted by Crippen LogP contribution is -2.29. The molecule has 0 amide bonds. The minimum Gasteiger partial charge on any atom is -0.461 e. The molecule has 1 N–H and O–H groups in total. The Kier molecular flexibility index (Phi) is 4.04. The number of furan rings is 1. The number of benzene rings is 1. The van der Waals surface area contributed by atoms with Crippen LogP contribution in [0.3, 0.4) is 0 Å². The Bertz CT molecular complexity index is 590. The number of fused-ring (bicyclic) bond motifs is 1. The third-order valence-electron chi connectivity index (χ3n) is 4.31. The zero-order chi connectivity index (χ0) is 14.1. The Balaban J connectivity index is 1.81. The summed E-state index contributed by atoms with van der Waals surface area (Å²) in [6.45, 7) is 5.49. The topological polar surface area (TPSA) is 25.2 Å². The van der Waals surface area contributed by atoms with Gasteiger partial charge in [0.15, 0.2) is 0 Å². The van der Waals surface area contributed by atoms with E-state index in [2.05, 4.69) is 25.2 Å². The highest BCUT2D eigenvalue weighted by molar-refractivity contribution is 6.31. The minimum absolute atomic E-state index is 0.547. The highest BCUT2D eigenvalue weighted by Crippen LogP contribution is 2.41. The van der Waals surface area contributed by atoms with Crippen LogP contribution < -0.4 is 5.32 Å². The monoisotopic (exact) mass is 291 g/mol. The van der Waals surface area contributed by atoms with Gasteiger partial charge in [0.05, 0.1) is 0 Å². The molecular formula is C17H22ClNO. The highest BCUT2D eigenvalue weighted by atomic mass is 35.5. The first-order chi connectivity index (χ1) is 9.63. The summed E-state index contributed by atoms with van der Waals surface area (Å²) < 4.78 is 6.06. The standard InChI is InChI=1S/C17H22ClNO/c1-11(2)19-10-12-4-3-5-15(12)17-9-13-8-14(18)6-7-16(13)20-17/h6-9,11-12,15,19H,3-5,10H2,1-2H3. The molecule has 2 atom stereocenters. The molecule has 1 aromatic heterocycles. The Morgan fingerprint density at radius 3 is 2.95 bits per heavy atom. The number of hydrogen-bond acceptors (Lipinski definition) is 2. The summed E-state index contributed by atoms with van der Waals surface area (Å²) in [4.78, 5) is 0. The van der Waals surface area contributed by atoms with Gasteiger partial charge in [-0.2, -0.15) is 0 Å². The van der Waals surface area contributed by atoms with E-state index < -0.39 is 0 Å². The van der Waals surface area contributed by atoms with Crippen molar-refractivity contribution in [3.05, 3.63) is 35.0 Å². The van der Waals surface area contributed by atoms with Crippen LogP contribution in [0.2, 0.25) is 5.02 Å². The van der Waals surface area contributed by atoms with E-state index in [1.165, 1.54) is 19.3 Å². The molecule has 0 saturated heterocycles. The largest absolute Gasteiger partial charge is 0.461 e. The molecule has 0 spiro atoms. The number of halogens is 1. The van der Waals surface area contributed by atoms with Crippen LogP contribution >= 0.6 is 11.6 Å². The fourth-order valence-corrected chi connectivity index (χ4v) is 3.44. The van der Waals surface area contributed by atoms with Crippen LogP contribution in [-0.4, -0.2) is 12.6 Å². The van der Waals surface area contributed by atoms with E-state index in [1.807, 2.05) is 18.2 Å². The normalized spacial score (nSPS) is 23.0. The Morgan fingerprint density at radius 2 is 2.15 bits per heavy atom. The summed E-state index contributed by atoms with van der Waals surface area (Å²) in [6.07, 6.45) is 3.83. The fraction of sp³-hybridized carbons (Fsp3) is 0.529. The van der Waals surface area contributed by atoms with Crippen molar-refractivity contribution in [3.63, 3.8) is 0 Å². The Hall–Kier alpha value is -0.990. The zero-order valence-corrected chi connectivity index (χ0v) is 12.9. The van der Waals surface area contributed by atoms with E-state index in [9.17, 15) is 0 Å². The smallest absolute Gasteiger partial charge is 0.134 e. The van der Waals surface area contributed by atoms with Crippen LogP contribution in [0.1, 0.15) is 44.8 Å². The van der Waals surface area contributed by atoms with Gasteiger partial charge in [-0.1, -0.05) is 31.9 Å². The molecule has 0 radical (unpaired) electrons. The van der Waals surface area contributed by atoms with Crippen molar-refractivity contribution in [2.24, 2.45) is 5.92 Å². The van der Waals surface area contributed by atoms with Crippen LogP contribution in [0.15, 0.2) is 28.7 Å². The van der Waals surface area contributed by atoms with Crippen molar-refractivity contribution in [3.8, 4) is 0 Å². The molecule has 2 aromatic rings. The molecule has 0 aliphatic heterocycles. The van der Waals surface area contributed by atoms with Crippen LogP contribution in [-0.2, 0) is 0 Å². The predicted octanol–water partition coefficient (Wildman–Crippen LogP) is 4.97. The molecular weight excluding hydrogens is 270 g/mol. The maximum absolute atomic E-state index is 6.06. The summed E-state index contributed by atoms with van der Waals surface area (Å²) in [5.41, 5.74) is 0.951. The molecule has 2 nitrogen and oxygen atoms in total. The van der Waals surface area contributed by atoms with Crippen LogP contribution in [0, 0.1) is 5.92 Å².